The number of benzene rings is 2. The van der Waals surface area contributed by atoms with Crippen LogP contribution in [-0.2, 0) is 20.7 Å². The van der Waals surface area contributed by atoms with Crippen molar-refractivity contribution in [2.45, 2.75) is 37.3 Å². The van der Waals surface area contributed by atoms with Crippen LogP contribution in [0.2, 0.25) is 0 Å². The summed E-state index contributed by atoms with van der Waals surface area (Å²) >= 11 is 1.37. The van der Waals surface area contributed by atoms with Crippen LogP contribution in [0.1, 0.15) is 34.8 Å². The van der Waals surface area contributed by atoms with Gasteiger partial charge in [0, 0.05) is 29.5 Å². The van der Waals surface area contributed by atoms with Gasteiger partial charge in [0.1, 0.15) is 19.2 Å². The maximum absolute atomic E-state index is 13.3. The van der Waals surface area contributed by atoms with Crippen LogP contribution in [0.5, 0.6) is 0 Å². The van der Waals surface area contributed by atoms with Crippen molar-refractivity contribution in [2.75, 3.05) is 13.2 Å². The number of carboxylic acids is 1. The Kier molecular flexibility index (Phi) is 6.50. The van der Waals surface area contributed by atoms with Gasteiger partial charge in [-0.1, -0.05) is 48.5 Å². The van der Waals surface area contributed by atoms with E-state index in [0.717, 1.165) is 40.0 Å². The van der Waals surface area contributed by atoms with Gasteiger partial charge in [-0.05, 0) is 35.1 Å². The fraction of sp³-hybridized carbons (Fsp3) is 0.308. The van der Waals surface area contributed by atoms with Crippen molar-refractivity contribution in [1.82, 2.24) is 15.2 Å². The third kappa shape index (κ3) is 5.05. The Balaban J connectivity index is 1.30. The Hall–Kier alpha value is -3.72. The lowest BCUT2D eigenvalue weighted by Gasteiger charge is -2.26. The van der Waals surface area contributed by atoms with Crippen LogP contribution in [0.15, 0.2) is 60.2 Å². The number of aliphatic carboxylic acids is 1. The van der Waals surface area contributed by atoms with Crippen LogP contribution >= 0.6 is 11.3 Å². The normalized spacial score (nSPS) is 15.1. The minimum absolute atomic E-state index is 0.0984. The standard InChI is InChI=1S/C26H25N3O5S/c30-24(31)13-29(16-9-10-16)25(32)23(11-17-12-27-15-35-17)28-26(33)34-14-22-20-7-3-1-5-18(20)19-6-2-4-8-21(19)22/h1-8,12,15-16,22-23H,9-11,13-14H2,(H,28,33)(H,30,31). The second-order valence-corrected chi connectivity index (χ2v) is 9.76. The summed E-state index contributed by atoms with van der Waals surface area (Å²) in [4.78, 5) is 43.7. The van der Waals surface area contributed by atoms with Crippen molar-refractivity contribution in [2.24, 2.45) is 0 Å². The predicted molar refractivity (Wildman–Crippen MR) is 130 cm³/mol. The molecule has 2 N–H and O–H groups in total. The van der Waals surface area contributed by atoms with E-state index in [0.29, 0.717) is 0 Å². The van der Waals surface area contributed by atoms with Gasteiger partial charge in [0.05, 0.1) is 5.51 Å². The van der Waals surface area contributed by atoms with Crippen molar-refractivity contribution in [3.63, 3.8) is 0 Å². The van der Waals surface area contributed by atoms with Gasteiger partial charge in [-0.25, -0.2) is 4.79 Å². The van der Waals surface area contributed by atoms with Crippen LogP contribution in [0.3, 0.4) is 0 Å². The number of hydrogen-bond acceptors (Lipinski definition) is 6. The molecule has 0 aliphatic heterocycles. The highest BCUT2D eigenvalue weighted by Crippen LogP contribution is 2.44. The number of nitrogens with one attached hydrogen (secondary N) is 1. The highest BCUT2D eigenvalue weighted by atomic mass is 32.1. The van der Waals surface area contributed by atoms with Crippen molar-refractivity contribution in [3.8, 4) is 11.1 Å². The van der Waals surface area contributed by atoms with E-state index in [-0.39, 0.29) is 25.0 Å². The molecule has 1 saturated carbocycles. The molecule has 2 aromatic carbocycles. The van der Waals surface area contributed by atoms with E-state index in [4.69, 9.17) is 4.74 Å². The molecule has 2 aliphatic carbocycles. The van der Waals surface area contributed by atoms with E-state index in [1.807, 2.05) is 36.4 Å². The van der Waals surface area contributed by atoms with Crippen LogP contribution in [0.4, 0.5) is 4.79 Å². The quantitative estimate of drug-likeness (QED) is 0.473. The summed E-state index contributed by atoms with van der Waals surface area (Å²) < 4.78 is 5.63. The number of hydrogen-bond donors (Lipinski definition) is 2. The summed E-state index contributed by atoms with van der Waals surface area (Å²) in [5.41, 5.74) is 6.11. The predicted octanol–water partition coefficient (Wildman–Crippen LogP) is 3.67. The number of rotatable bonds is 9. The first kappa shape index (κ1) is 23.0. The average Bonchev–Trinajstić information content (AvgIpc) is 3.47. The molecule has 1 heterocycles. The molecule has 0 bridgehead atoms. The van der Waals surface area contributed by atoms with Gasteiger partial charge >= 0.3 is 12.1 Å². The molecule has 0 spiro atoms. The van der Waals surface area contributed by atoms with Gasteiger partial charge in [-0.3, -0.25) is 14.6 Å². The molecule has 0 saturated heterocycles. The van der Waals surface area contributed by atoms with Gasteiger partial charge in [-0.15, -0.1) is 11.3 Å². The van der Waals surface area contributed by atoms with Gasteiger partial charge in [0.15, 0.2) is 0 Å². The summed E-state index contributed by atoms with van der Waals surface area (Å²) in [6.07, 6.45) is 2.68. The van der Waals surface area contributed by atoms with Crippen LogP contribution in [-0.4, -0.2) is 58.2 Å². The average molecular weight is 492 g/mol. The van der Waals surface area contributed by atoms with E-state index in [1.165, 1.54) is 16.2 Å². The second kappa shape index (κ2) is 9.87. The third-order valence-electron chi connectivity index (χ3n) is 6.40. The lowest BCUT2D eigenvalue weighted by molar-refractivity contribution is -0.145. The number of carboxylic acid groups (broad SMARTS) is 1. The fourth-order valence-electron chi connectivity index (χ4n) is 4.65. The number of nitrogens with zero attached hydrogens (tertiary/aromatic N) is 2. The lowest BCUT2D eigenvalue weighted by Crippen LogP contribution is -2.51. The molecule has 2 aliphatic rings. The maximum Gasteiger partial charge on any atom is 0.407 e. The molecular formula is C26H25N3O5S. The summed E-state index contributed by atoms with van der Waals surface area (Å²) in [6, 6.07) is 15.1. The van der Waals surface area contributed by atoms with E-state index >= 15 is 0 Å². The summed E-state index contributed by atoms with van der Waals surface area (Å²) in [6.45, 7) is -0.266. The number of carbonyl (C=O) groups is 3. The largest absolute Gasteiger partial charge is 0.480 e. The number of fused-ring (bicyclic) bond motifs is 3. The number of aromatic nitrogens is 1. The molecule has 1 aromatic heterocycles. The zero-order chi connectivity index (χ0) is 24.4. The first-order valence-electron chi connectivity index (χ1n) is 11.5. The van der Waals surface area contributed by atoms with Gasteiger partial charge in [-0.2, -0.15) is 0 Å². The lowest BCUT2D eigenvalue weighted by atomic mass is 9.98. The number of ether oxygens (including phenoxy) is 1. The molecule has 9 heteroatoms. The minimum Gasteiger partial charge on any atom is -0.480 e. The Morgan fingerprint density at radius 3 is 2.31 bits per heavy atom. The fourth-order valence-corrected chi connectivity index (χ4v) is 5.29. The van der Waals surface area contributed by atoms with E-state index in [2.05, 4.69) is 22.4 Å². The molecular weight excluding hydrogens is 466 g/mol. The monoisotopic (exact) mass is 491 g/mol. The van der Waals surface area contributed by atoms with Crippen LogP contribution < -0.4 is 5.32 Å². The highest BCUT2D eigenvalue weighted by molar-refractivity contribution is 7.09. The van der Waals surface area contributed by atoms with Crippen molar-refractivity contribution < 1.29 is 24.2 Å². The summed E-state index contributed by atoms with van der Waals surface area (Å²) in [5.74, 6) is -1.60. The van der Waals surface area contributed by atoms with Crippen molar-refractivity contribution in [1.29, 1.82) is 0 Å². The van der Waals surface area contributed by atoms with E-state index in [9.17, 15) is 19.5 Å². The number of alkyl carbamates (subject to hydrolysis) is 1. The molecule has 5 rings (SSSR count). The Bertz CT molecular complexity index is 1200. The molecule has 1 fully saturated rings. The van der Waals surface area contributed by atoms with Crippen molar-refractivity contribution in [3.05, 3.63) is 76.2 Å². The minimum atomic E-state index is -1.08. The SMILES string of the molecule is O=C(O)CN(C(=O)C(Cc1cncs1)NC(=O)OCC1c2ccccc2-c2ccccc21)C1CC1. The molecule has 3 aromatic rings. The Morgan fingerprint density at radius 1 is 1.09 bits per heavy atom. The smallest absolute Gasteiger partial charge is 0.407 e. The molecule has 1 atom stereocenters. The summed E-state index contributed by atoms with van der Waals surface area (Å²) in [5, 5.41) is 12.0. The number of carbonyl (C=O) groups excluding carboxylic acids is 2. The Labute approximate surface area is 206 Å². The molecule has 0 radical (unpaired) electrons. The van der Waals surface area contributed by atoms with Gasteiger partial charge in [0.25, 0.3) is 0 Å². The van der Waals surface area contributed by atoms with Crippen molar-refractivity contribution >= 4 is 29.3 Å². The molecule has 35 heavy (non-hydrogen) atoms. The summed E-state index contributed by atoms with van der Waals surface area (Å²) in [7, 11) is 0. The molecule has 2 amide bonds. The van der Waals surface area contributed by atoms with Gasteiger partial charge in [0.2, 0.25) is 5.91 Å². The maximum atomic E-state index is 13.3. The Morgan fingerprint density at radius 2 is 1.74 bits per heavy atom. The first-order valence-corrected chi connectivity index (χ1v) is 12.4. The molecule has 1 unspecified atom stereocenters. The third-order valence-corrected chi connectivity index (χ3v) is 7.20. The highest BCUT2D eigenvalue weighted by Gasteiger charge is 2.38. The first-order chi connectivity index (χ1) is 17.0. The molecule has 180 valence electrons. The van der Waals surface area contributed by atoms with Crippen LogP contribution in [0.25, 0.3) is 11.1 Å². The number of amides is 2. The van der Waals surface area contributed by atoms with Crippen LogP contribution in [0, 0.1) is 0 Å². The zero-order valence-electron chi connectivity index (χ0n) is 18.9. The van der Waals surface area contributed by atoms with E-state index in [1.54, 1.807) is 11.7 Å². The zero-order valence-corrected chi connectivity index (χ0v) is 19.7. The second-order valence-electron chi connectivity index (χ2n) is 8.79. The van der Waals surface area contributed by atoms with E-state index < -0.39 is 30.6 Å². The molecule has 8 nitrogen and oxygen atoms in total. The van der Waals surface area contributed by atoms with Gasteiger partial charge < -0.3 is 20.1 Å². The topological polar surface area (TPSA) is 109 Å². The number of thiazole rings is 1.